The number of unbranched alkanes of at least 4 members (excludes halogenated alkanes) is 1. The quantitative estimate of drug-likeness (QED) is 0.686. The fourth-order valence-electron chi connectivity index (χ4n) is 1.56. The Kier molecular flexibility index (Phi) is 5.93. The second-order valence-corrected chi connectivity index (χ2v) is 3.99. The summed E-state index contributed by atoms with van der Waals surface area (Å²) in [6, 6.07) is 0. The summed E-state index contributed by atoms with van der Waals surface area (Å²) < 4.78 is 14.7. The molecule has 0 saturated carbocycles. The van der Waals surface area contributed by atoms with E-state index in [2.05, 4.69) is 18.3 Å². The van der Waals surface area contributed by atoms with Gasteiger partial charge < -0.3 is 13.6 Å². The van der Waals surface area contributed by atoms with Gasteiger partial charge in [-0.1, -0.05) is 33.1 Å². The van der Waals surface area contributed by atoms with Crippen LogP contribution in [0, 0.1) is 5.92 Å². The van der Waals surface area contributed by atoms with Crippen LogP contribution in [0.1, 0.15) is 45.3 Å². The summed E-state index contributed by atoms with van der Waals surface area (Å²) >= 11 is 0. The Bertz CT molecular complexity index is 326. The van der Waals surface area contributed by atoms with Crippen LogP contribution in [0.25, 0.3) is 0 Å². The summed E-state index contributed by atoms with van der Waals surface area (Å²) in [4.78, 5) is 10.6. The van der Waals surface area contributed by atoms with E-state index in [4.69, 9.17) is 9.15 Å². The first-order valence-electron chi connectivity index (χ1n) is 5.91. The van der Waals surface area contributed by atoms with Gasteiger partial charge in [0.05, 0.1) is 0 Å². The molecular weight excluding hydrogens is 208 g/mol. The molecule has 92 valence electrons. The van der Waals surface area contributed by atoms with Crippen molar-refractivity contribution in [3.05, 3.63) is 22.6 Å². The molecule has 16 heavy (non-hydrogen) atoms. The molecule has 1 aromatic heterocycles. The lowest BCUT2D eigenvalue weighted by molar-refractivity contribution is 0.0702. The Labute approximate surface area is 95.6 Å². The SMILES string of the molecule is CCCCC(CC)COCc1coc(=O)o1. The minimum atomic E-state index is -0.670. The van der Waals surface area contributed by atoms with Gasteiger partial charge in [0.15, 0.2) is 5.76 Å². The Hall–Kier alpha value is -1.03. The van der Waals surface area contributed by atoms with E-state index in [1.165, 1.54) is 25.5 Å². The highest BCUT2D eigenvalue weighted by molar-refractivity contribution is 4.81. The van der Waals surface area contributed by atoms with E-state index >= 15 is 0 Å². The van der Waals surface area contributed by atoms with E-state index in [1.807, 2.05) is 0 Å². The molecule has 1 rings (SSSR count). The molecule has 0 fully saturated rings. The maximum Gasteiger partial charge on any atom is 0.518 e. The van der Waals surface area contributed by atoms with E-state index in [0.717, 1.165) is 6.42 Å². The van der Waals surface area contributed by atoms with E-state index in [0.29, 0.717) is 24.9 Å². The Morgan fingerprint density at radius 1 is 1.44 bits per heavy atom. The van der Waals surface area contributed by atoms with Crippen molar-refractivity contribution in [1.82, 2.24) is 0 Å². The summed E-state index contributed by atoms with van der Waals surface area (Å²) in [6.07, 6.45) is 6.07. The van der Waals surface area contributed by atoms with E-state index in [9.17, 15) is 4.79 Å². The minimum absolute atomic E-state index is 0.314. The third-order valence-corrected chi connectivity index (χ3v) is 2.64. The third-order valence-electron chi connectivity index (χ3n) is 2.64. The monoisotopic (exact) mass is 228 g/mol. The second-order valence-electron chi connectivity index (χ2n) is 3.99. The summed E-state index contributed by atoms with van der Waals surface area (Å²) in [7, 11) is 0. The first-order chi connectivity index (χ1) is 7.76. The summed E-state index contributed by atoms with van der Waals surface area (Å²) in [6.45, 7) is 5.38. The van der Waals surface area contributed by atoms with Crippen LogP contribution >= 0.6 is 0 Å². The maximum atomic E-state index is 10.6. The Balaban J connectivity index is 2.20. The minimum Gasteiger partial charge on any atom is -0.399 e. The lowest BCUT2D eigenvalue weighted by atomic mass is 10.0. The van der Waals surface area contributed by atoms with Gasteiger partial charge in [0, 0.05) is 6.61 Å². The van der Waals surface area contributed by atoms with Crippen LogP contribution in [0.2, 0.25) is 0 Å². The molecule has 0 aliphatic carbocycles. The van der Waals surface area contributed by atoms with Crippen LogP contribution < -0.4 is 5.82 Å². The highest BCUT2D eigenvalue weighted by Gasteiger charge is 2.07. The zero-order valence-corrected chi connectivity index (χ0v) is 10.0. The smallest absolute Gasteiger partial charge is 0.399 e. The molecular formula is C12H20O4. The summed E-state index contributed by atoms with van der Waals surface area (Å²) in [5.41, 5.74) is 0. The van der Waals surface area contributed by atoms with Crippen LogP contribution in [0.5, 0.6) is 0 Å². The van der Waals surface area contributed by atoms with E-state index in [1.54, 1.807) is 0 Å². The average Bonchev–Trinajstić information content (AvgIpc) is 2.69. The molecule has 1 aromatic rings. The number of rotatable bonds is 8. The normalized spacial score (nSPS) is 12.9. The highest BCUT2D eigenvalue weighted by atomic mass is 16.6. The van der Waals surface area contributed by atoms with Crippen LogP contribution in [0.4, 0.5) is 0 Å². The van der Waals surface area contributed by atoms with Gasteiger partial charge in [0.2, 0.25) is 0 Å². The molecule has 4 nitrogen and oxygen atoms in total. The predicted octanol–water partition coefficient (Wildman–Crippen LogP) is 2.97. The number of hydrogen-bond donors (Lipinski definition) is 0. The molecule has 0 aliphatic heterocycles. The number of hydrogen-bond acceptors (Lipinski definition) is 4. The van der Waals surface area contributed by atoms with E-state index < -0.39 is 5.82 Å². The molecule has 0 spiro atoms. The van der Waals surface area contributed by atoms with Crippen molar-refractivity contribution >= 4 is 0 Å². The van der Waals surface area contributed by atoms with Gasteiger partial charge >= 0.3 is 5.82 Å². The van der Waals surface area contributed by atoms with Gasteiger partial charge in [-0.3, -0.25) is 0 Å². The first-order valence-corrected chi connectivity index (χ1v) is 5.91. The third kappa shape index (κ3) is 4.66. The second kappa shape index (κ2) is 7.28. The first kappa shape index (κ1) is 13.0. The van der Waals surface area contributed by atoms with Gasteiger partial charge in [-0.15, -0.1) is 0 Å². The van der Waals surface area contributed by atoms with Gasteiger partial charge in [-0.2, -0.15) is 0 Å². The standard InChI is InChI=1S/C12H20O4/c1-3-5-6-10(4-2)7-14-8-11-9-15-12(13)16-11/h9-10H,3-8H2,1-2H3. The van der Waals surface area contributed by atoms with Gasteiger partial charge in [-0.05, 0) is 12.3 Å². The van der Waals surface area contributed by atoms with Gasteiger partial charge in [-0.25, -0.2) is 4.79 Å². The summed E-state index contributed by atoms with van der Waals surface area (Å²) in [5, 5.41) is 0. The van der Waals surface area contributed by atoms with Gasteiger partial charge in [0.1, 0.15) is 12.9 Å². The van der Waals surface area contributed by atoms with Gasteiger partial charge in [0.25, 0.3) is 0 Å². The highest BCUT2D eigenvalue weighted by Crippen LogP contribution is 2.13. The van der Waals surface area contributed by atoms with Crippen molar-refractivity contribution in [3.8, 4) is 0 Å². The molecule has 4 heteroatoms. The van der Waals surface area contributed by atoms with Crippen molar-refractivity contribution in [3.63, 3.8) is 0 Å². The largest absolute Gasteiger partial charge is 0.518 e. The Morgan fingerprint density at radius 3 is 2.81 bits per heavy atom. The number of ether oxygens (including phenoxy) is 1. The zero-order valence-electron chi connectivity index (χ0n) is 10.0. The molecule has 1 atom stereocenters. The predicted molar refractivity (Wildman–Crippen MR) is 60.2 cm³/mol. The molecule has 0 aromatic carbocycles. The Morgan fingerprint density at radius 2 is 2.25 bits per heavy atom. The van der Waals surface area contributed by atoms with Crippen molar-refractivity contribution in [2.75, 3.05) is 6.61 Å². The maximum absolute atomic E-state index is 10.6. The fraction of sp³-hybridized carbons (Fsp3) is 0.750. The molecule has 0 aliphatic rings. The molecule has 0 bridgehead atoms. The molecule has 0 saturated heterocycles. The van der Waals surface area contributed by atoms with Crippen molar-refractivity contribution in [2.45, 2.75) is 46.1 Å². The molecule has 0 amide bonds. The van der Waals surface area contributed by atoms with Crippen LogP contribution in [0.3, 0.4) is 0 Å². The van der Waals surface area contributed by atoms with Crippen LogP contribution in [0.15, 0.2) is 19.9 Å². The lowest BCUT2D eigenvalue weighted by Gasteiger charge is -2.13. The van der Waals surface area contributed by atoms with Crippen molar-refractivity contribution in [2.24, 2.45) is 5.92 Å². The van der Waals surface area contributed by atoms with Crippen LogP contribution in [-0.2, 0) is 11.3 Å². The molecule has 1 unspecified atom stereocenters. The van der Waals surface area contributed by atoms with Crippen molar-refractivity contribution < 1.29 is 13.6 Å². The fourth-order valence-corrected chi connectivity index (χ4v) is 1.56. The lowest BCUT2D eigenvalue weighted by Crippen LogP contribution is -2.08. The molecule has 0 N–H and O–H groups in total. The summed E-state index contributed by atoms with van der Waals surface area (Å²) in [5.74, 6) is 0.380. The zero-order chi connectivity index (χ0) is 11.8. The average molecular weight is 228 g/mol. The van der Waals surface area contributed by atoms with Crippen LogP contribution in [-0.4, -0.2) is 6.61 Å². The topological polar surface area (TPSA) is 52.6 Å². The van der Waals surface area contributed by atoms with Crippen molar-refractivity contribution in [1.29, 1.82) is 0 Å². The van der Waals surface area contributed by atoms with E-state index in [-0.39, 0.29) is 0 Å². The molecule has 1 heterocycles. The molecule has 0 radical (unpaired) electrons.